The Kier molecular flexibility index (Phi) is 10.5. The molecule has 48 heavy (non-hydrogen) atoms. The van der Waals surface area contributed by atoms with Gasteiger partial charge in [-0.15, -0.1) is 11.8 Å². The van der Waals surface area contributed by atoms with Crippen LogP contribution in [0.3, 0.4) is 0 Å². The summed E-state index contributed by atoms with van der Waals surface area (Å²) in [4.78, 5) is 26.4. The van der Waals surface area contributed by atoms with Crippen molar-refractivity contribution in [3.63, 3.8) is 0 Å². The summed E-state index contributed by atoms with van der Waals surface area (Å²) >= 11 is 1.91. The number of thioether (sulfide) groups is 1. The topological polar surface area (TPSA) is 49.3 Å². The van der Waals surface area contributed by atoms with Crippen LogP contribution in [-0.4, -0.2) is 45.2 Å². The highest BCUT2D eigenvalue weighted by Gasteiger charge is 2.44. The van der Waals surface area contributed by atoms with E-state index in [2.05, 4.69) is 84.6 Å². The number of halogens is 2. The van der Waals surface area contributed by atoms with E-state index in [1.807, 2.05) is 42.4 Å². The second kappa shape index (κ2) is 15.1. The fraction of sp³-hybridized carbons (Fsp3) is 0.275. The maximum atomic E-state index is 14.7. The van der Waals surface area contributed by atoms with Gasteiger partial charge in [0, 0.05) is 49.8 Å². The van der Waals surface area contributed by atoms with Crippen LogP contribution >= 0.6 is 11.8 Å². The Labute approximate surface area is 286 Å². The summed E-state index contributed by atoms with van der Waals surface area (Å²) in [5, 5.41) is 0.106. The maximum absolute atomic E-state index is 14.7. The van der Waals surface area contributed by atoms with Crippen LogP contribution in [0.15, 0.2) is 122 Å². The van der Waals surface area contributed by atoms with E-state index >= 15 is 0 Å². The first-order valence-electron chi connectivity index (χ1n) is 16.5. The van der Waals surface area contributed by atoms with Gasteiger partial charge in [0.2, 0.25) is 11.9 Å². The van der Waals surface area contributed by atoms with Crippen molar-refractivity contribution >= 4 is 23.6 Å². The molecule has 6 rings (SSSR count). The van der Waals surface area contributed by atoms with E-state index in [0.717, 1.165) is 37.0 Å². The Morgan fingerprint density at radius 1 is 0.875 bits per heavy atom. The number of carbonyl (C=O) groups excluding carboxylic acids is 1. The molecule has 0 bridgehead atoms. The third kappa shape index (κ3) is 7.29. The molecule has 0 saturated carbocycles. The minimum absolute atomic E-state index is 0.0284. The SMILES string of the molecule is CCCc1cnc(N2CC(SC(c3ccccc3)(c3ccccc3)c3ccccc3)CC2CN(Cc2cc(F)ccc2F)C(C)=O)nc1. The van der Waals surface area contributed by atoms with Gasteiger partial charge in [-0.25, -0.2) is 18.7 Å². The van der Waals surface area contributed by atoms with E-state index in [-0.39, 0.29) is 29.3 Å². The molecule has 5 aromatic rings. The van der Waals surface area contributed by atoms with Crippen LogP contribution in [-0.2, 0) is 22.5 Å². The first kappa shape index (κ1) is 33.3. The Morgan fingerprint density at radius 3 is 1.96 bits per heavy atom. The number of amides is 1. The monoisotopic (exact) mass is 662 g/mol. The highest BCUT2D eigenvalue weighted by Crippen LogP contribution is 2.52. The minimum Gasteiger partial charge on any atom is -0.336 e. The molecule has 1 fully saturated rings. The molecule has 1 aliphatic heterocycles. The standard InChI is InChI=1S/C40H40F2N4OS/c1-3-13-30-24-43-39(44-25-30)46-28-37(23-36(46)27-45(29(2)47)26-31-22-35(41)20-21-38(31)42)48-40(32-14-7-4-8-15-32,33-16-9-5-10-17-33)34-18-11-6-12-19-34/h4-12,14-22,24-25,36-37H,3,13,23,26-28H2,1-2H3. The average Bonchev–Trinajstić information content (AvgIpc) is 3.51. The predicted molar refractivity (Wildman–Crippen MR) is 190 cm³/mol. The molecule has 0 aliphatic carbocycles. The summed E-state index contributed by atoms with van der Waals surface area (Å²) in [6.07, 6.45) is 6.40. The summed E-state index contributed by atoms with van der Waals surface area (Å²) in [5.74, 6) is -0.671. The van der Waals surface area contributed by atoms with E-state index in [1.165, 1.54) is 29.7 Å². The fourth-order valence-corrected chi connectivity index (χ4v) is 8.56. The molecule has 1 saturated heterocycles. The molecular weight excluding hydrogens is 623 g/mol. The van der Waals surface area contributed by atoms with Crippen LogP contribution in [0.5, 0.6) is 0 Å². The summed E-state index contributed by atoms with van der Waals surface area (Å²) in [6, 6.07) is 35.0. The van der Waals surface area contributed by atoms with Gasteiger partial charge in [0.05, 0.1) is 10.8 Å². The second-order valence-electron chi connectivity index (χ2n) is 12.3. The molecule has 0 radical (unpaired) electrons. The first-order valence-corrected chi connectivity index (χ1v) is 17.4. The first-order chi connectivity index (χ1) is 23.4. The molecule has 0 spiro atoms. The van der Waals surface area contributed by atoms with Gasteiger partial charge in [-0.2, -0.15) is 0 Å². The summed E-state index contributed by atoms with van der Waals surface area (Å²) in [5.41, 5.74) is 4.75. The lowest BCUT2D eigenvalue weighted by atomic mass is 9.84. The lowest BCUT2D eigenvalue weighted by Gasteiger charge is -2.37. The number of hydrogen-bond donors (Lipinski definition) is 0. The molecule has 1 amide bonds. The Balaban J connectivity index is 1.39. The molecule has 2 atom stereocenters. The fourth-order valence-electron chi connectivity index (χ4n) is 6.69. The molecule has 2 unspecified atom stereocenters. The molecule has 246 valence electrons. The van der Waals surface area contributed by atoms with Crippen molar-refractivity contribution in [2.75, 3.05) is 18.0 Å². The number of aryl methyl sites for hydroxylation is 1. The maximum Gasteiger partial charge on any atom is 0.225 e. The quantitative estimate of drug-likeness (QED) is 0.126. The third-order valence-corrected chi connectivity index (χ3v) is 10.7. The highest BCUT2D eigenvalue weighted by atomic mass is 32.2. The molecule has 0 N–H and O–H groups in total. The van der Waals surface area contributed by atoms with Gasteiger partial charge >= 0.3 is 0 Å². The zero-order valence-corrected chi connectivity index (χ0v) is 28.1. The van der Waals surface area contributed by atoms with Gasteiger partial charge in [-0.3, -0.25) is 4.79 Å². The normalized spacial score (nSPS) is 16.2. The molecule has 4 aromatic carbocycles. The van der Waals surface area contributed by atoms with E-state index in [4.69, 9.17) is 9.97 Å². The van der Waals surface area contributed by atoms with Crippen molar-refractivity contribution in [3.8, 4) is 0 Å². The van der Waals surface area contributed by atoms with Gasteiger partial charge in [-0.1, -0.05) is 104 Å². The lowest BCUT2D eigenvalue weighted by Crippen LogP contribution is -2.42. The molecule has 2 heterocycles. The number of nitrogens with zero attached hydrogens (tertiary/aromatic N) is 4. The minimum atomic E-state index is -0.535. The van der Waals surface area contributed by atoms with E-state index < -0.39 is 16.4 Å². The van der Waals surface area contributed by atoms with Crippen molar-refractivity contribution in [1.82, 2.24) is 14.9 Å². The summed E-state index contributed by atoms with van der Waals surface area (Å²) in [6.45, 7) is 4.54. The zero-order valence-electron chi connectivity index (χ0n) is 27.3. The van der Waals surface area contributed by atoms with Crippen LogP contribution in [0.4, 0.5) is 14.7 Å². The Hall–Kier alpha value is -4.56. The Bertz CT molecular complexity index is 1690. The van der Waals surface area contributed by atoms with Gasteiger partial charge in [-0.05, 0) is 53.3 Å². The predicted octanol–water partition coefficient (Wildman–Crippen LogP) is 8.43. The van der Waals surface area contributed by atoms with Crippen LogP contribution in [0.25, 0.3) is 0 Å². The number of rotatable bonds is 12. The largest absolute Gasteiger partial charge is 0.336 e. The van der Waals surface area contributed by atoms with Crippen molar-refractivity contribution < 1.29 is 13.6 Å². The van der Waals surface area contributed by atoms with E-state index in [1.54, 1.807) is 4.90 Å². The average molecular weight is 663 g/mol. The third-order valence-electron chi connectivity index (χ3n) is 8.99. The van der Waals surface area contributed by atoms with Gasteiger partial charge in [0.1, 0.15) is 11.6 Å². The second-order valence-corrected chi connectivity index (χ2v) is 13.9. The number of carbonyl (C=O) groups is 1. The number of hydrogen-bond acceptors (Lipinski definition) is 5. The number of benzene rings is 4. The zero-order chi connectivity index (χ0) is 33.5. The molecule has 8 heteroatoms. The van der Waals surface area contributed by atoms with Crippen LogP contribution < -0.4 is 4.90 Å². The molecule has 5 nitrogen and oxygen atoms in total. The van der Waals surface area contributed by atoms with Crippen molar-refractivity contribution in [2.45, 2.75) is 55.7 Å². The van der Waals surface area contributed by atoms with Gasteiger partial charge < -0.3 is 9.80 Å². The van der Waals surface area contributed by atoms with Crippen molar-refractivity contribution in [3.05, 3.63) is 161 Å². The lowest BCUT2D eigenvalue weighted by molar-refractivity contribution is -0.129. The van der Waals surface area contributed by atoms with Gasteiger partial charge in [0.15, 0.2) is 0 Å². The smallest absolute Gasteiger partial charge is 0.225 e. The van der Waals surface area contributed by atoms with Crippen LogP contribution in [0, 0.1) is 11.6 Å². The molecule has 1 aliphatic rings. The molecular formula is C40H40F2N4OS. The Morgan fingerprint density at radius 2 is 1.44 bits per heavy atom. The van der Waals surface area contributed by atoms with E-state index in [0.29, 0.717) is 19.0 Å². The van der Waals surface area contributed by atoms with Crippen LogP contribution in [0.2, 0.25) is 0 Å². The van der Waals surface area contributed by atoms with Crippen molar-refractivity contribution in [1.29, 1.82) is 0 Å². The van der Waals surface area contributed by atoms with Crippen molar-refractivity contribution in [2.24, 2.45) is 0 Å². The molecule has 1 aromatic heterocycles. The summed E-state index contributed by atoms with van der Waals surface area (Å²) in [7, 11) is 0. The number of aromatic nitrogens is 2. The van der Waals surface area contributed by atoms with Gasteiger partial charge in [0.25, 0.3) is 0 Å². The van der Waals surface area contributed by atoms with Crippen LogP contribution in [0.1, 0.15) is 54.5 Å². The highest BCUT2D eigenvalue weighted by molar-refractivity contribution is 8.01. The summed E-state index contributed by atoms with van der Waals surface area (Å²) < 4.78 is 28.3. The van der Waals surface area contributed by atoms with E-state index in [9.17, 15) is 13.6 Å². The number of anilines is 1.